The summed E-state index contributed by atoms with van der Waals surface area (Å²) in [5.74, 6) is -0.137. The summed E-state index contributed by atoms with van der Waals surface area (Å²) in [6.07, 6.45) is 3.36. The molecular weight excluding hydrogens is 426 g/mol. The van der Waals surface area contributed by atoms with E-state index in [1.807, 2.05) is 13.2 Å². The molecule has 3 rings (SSSR count). The maximum atomic E-state index is 13.3. The minimum Gasteiger partial charge on any atom is -0.491 e. The minimum atomic E-state index is -1.29. The van der Waals surface area contributed by atoms with Gasteiger partial charge in [0.1, 0.15) is 0 Å². The lowest BCUT2D eigenvalue weighted by molar-refractivity contribution is 0.0594. The molecule has 2 unspecified atom stereocenters. The summed E-state index contributed by atoms with van der Waals surface area (Å²) in [7, 11) is 0.211. The van der Waals surface area contributed by atoms with E-state index < -0.39 is 28.7 Å². The van der Waals surface area contributed by atoms with Crippen molar-refractivity contribution in [1.82, 2.24) is 9.88 Å². The third-order valence-electron chi connectivity index (χ3n) is 4.55. The number of hydrogen-bond acceptors (Lipinski definition) is 8. The highest BCUT2D eigenvalue weighted by atomic mass is 32.2. The molecule has 1 aliphatic rings. The number of pyridine rings is 1. The molecule has 8 nitrogen and oxygen atoms in total. The Balaban J connectivity index is 2.08. The largest absolute Gasteiger partial charge is 0.491 e. The number of carbonyl (C=O) groups is 2. The number of anilines is 1. The summed E-state index contributed by atoms with van der Waals surface area (Å²) in [6.45, 7) is 2.19. The molecule has 2 atom stereocenters. The molecule has 0 fully saturated rings. The Bertz CT molecular complexity index is 998. The second-order valence-corrected chi connectivity index (χ2v) is 8.54. The van der Waals surface area contributed by atoms with Crippen LogP contribution >= 0.6 is 11.9 Å². The number of benzene rings is 1. The first-order valence-corrected chi connectivity index (χ1v) is 12.2. The fourth-order valence-corrected chi connectivity index (χ4v) is 4.47. The third kappa shape index (κ3) is 4.15. The zero-order chi connectivity index (χ0) is 21.8. The van der Waals surface area contributed by atoms with Gasteiger partial charge in [-0.25, -0.2) is 4.98 Å². The van der Waals surface area contributed by atoms with E-state index in [9.17, 15) is 13.8 Å². The van der Waals surface area contributed by atoms with Gasteiger partial charge in [-0.3, -0.25) is 18.7 Å². The second kappa shape index (κ2) is 9.48. The van der Waals surface area contributed by atoms with Crippen LogP contribution in [0.15, 0.2) is 30.3 Å². The van der Waals surface area contributed by atoms with Gasteiger partial charge in [-0.15, -0.1) is 0 Å². The standard InChI is InChI=1S/C20H23N3O5S2/c1-5-28-18-16(27-2)10-9-13(21-18)15(11-30(4)26)23-19(24)12-7-6-8-14(22-29-3)17(12)20(23)25/h6-10,15,22H,5,11H2,1-4H3. The first-order chi connectivity index (χ1) is 14.4. The number of nitrogens with one attached hydrogen (secondary N) is 1. The first-order valence-electron chi connectivity index (χ1n) is 9.20. The smallest absolute Gasteiger partial charge is 0.264 e. The summed E-state index contributed by atoms with van der Waals surface area (Å²) in [5.41, 5.74) is 1.59. The first kappa shape index (κ1) is 22.1. The van der Waals surface area contributed by atoms with E-state index in [-0.39, 0.29) is 11.6 Å². The van der Waals surface area contributed by atoms with Crippen molar-refractivity contribution in [2.24, 2.45) is 0 Å². The molecule has 2 aromatic rings. The summed E-state index contributed by atoms with van der Waals surface area (Å²) < 4.78 is 26.0. The molecule has 0 radical (unpaired) electrons. The summed E-state index contributed by atoms with van der Waals surface area (Å²) >= 11 is 1.33. The number of carbonyl (C=O) groups excluding carboxylic acids is 2. The Morgan fingerprint density at radius 1 is 1.23 bits per heavy atom. The van der Waals surface area contributed by atoms with Gasteiger partial charge >= 0.3 is 0 Å². The number of hydrogen-bond donors (Lipinski definition) is 1. The highest BCUT2D eigenvalue weighted by Gasteiger charge is 2.43. The van der Waals surface area contributed by atoms with Gasteiger partial charge in [0.2, 0.25) is 0 Å². The molecule has 2 heterocycles. The topological polar surface area (TPSA) is 97.8 Å². The van der Waals surface area contributed by atoms with Crippen LogP contribution in [0.5, 0.6) is 11.6 Å². The Kier molecular flexibility index (Phi) is 6.99. The monoisotopic (exact) mass is 449 g/mol. The number of amides is 2. The quantitative estimate of drug-likeness (QED) is 0.461. The van der Waals surface area contributed by atoms with Crippen LogP contribution in [0, 0.1) is 0 Å². The molecule has 1 aliphatic heterocycles. The van der Waals surface area contributed by atoms with Crippen molar-refractivity contribution in [3.8, 4) is 11.6 Å². The average molecular weight is 450 g/mol. The number of rotatable bonds is 9. The van der Waals surface area contributed by atoms with E-state index in [0.29, 0.717) is 34.9 Å². The van der Waals surface area contributed by atoms with E-state index in [1.54, 1.807) is 30.3 Å². The van der Waals surface area contributed by atoms with E-state index >= 15 is 0 Å². The van der Waals surface area contributed by atoms with Crippen molar-refractivity contribution in [2.45, 2.75) is 13.0 Å². The summed E-state index contributed by atoms with van der Waals surface area (Å²) in [4.78, 5) is 32.1. The number of ether oxygens (including phenoxy) is 2. The Hall–Kier alpha value is -2.59. The van der Waals surface area contributed by atoms with Crippen LogP contribution in [-0.4, -0.2) is 57.9 Å². The lowest BCUT2D eigenvalue weighted by Gasteiger charge is -2.25. The van der Waals surface area contributed by atoms with Gasteiger partial charge in [0.15, 0.2) is 5.75 Å². The lowest BCUT2D eigenvalue weighted by Crippen LogP contribution is -2.37. The Morgan fingerprint density at radius 2 is 2.00 bits per heavy atom. The normalized spacial score (nSPS) is 15.0. The third-order valence-corrected chi connectivity index (χ3v) is 5.76. The van der Waals surface area contributed by atoms with Crippen LogP contribution in [0.2, 0.25) is 0 Å². The van der Waals surface area contributed by atoms with Crippen LogP contribution < -0.4 is 14.2 Å². The zero-order valence-corrected chi connectivity index (χ0v) is 18.8. The summed E-state index contributed by atoms with van der Waals surface area (Å²) in [5, 5.41) is 0. The molecule has 2 amide bonds. The number of nitrogens with zero attached hydrogens (tertiary/aromatic N) is 2. The van der Waals surface area contributed by atoms with Crippen LogP contribution in [0.1, 0.15) is 39.4 Å². The zero-order valence-electron chi connectivity index (χ0n) is 17.1. The van der Waals surface area contributed by atoms with Crippen molar-refractivity contribution in [2.75, 3.05) is 36.7 Å². The maximum absolute atomic E-state index is 13.3. The van der Waals surface area contributed by atoms with Crippen molar-refractivity contribution < 1.29 is 23.3 Å². The van der Waals surface area contributed by atoms with Crippen LogP contribution in [0.25, 0.3) is 0 Å². The van der Waals surface area contributed by atoms with Gasteiger partial charge in [0.25, 0.3) is 17.7 Å². The number of fused-ring (bicyclic) bond motifs is 1. The molecule has 0 saturated heterocycles. The highest BCUT2D eigenvalue weighted by Crippen LogP contribution is 2.37. The molecule has 0 saturated carbocycles. The molecule has 1 aromatic heterocycles. The fraction of sp³-hybridized carbons (Fsp3) is 0.350. The van der Waals surface area contributed by atoms with Crippen LogP contribution in [-0.2, 0) is 10.8 Å². The Labute approximate surface area is 181 Å². The number of aromatic nitrogens is 1. The predicted molar refractivity (Wildman–Crippen MR) is 118 cm³/mol. The van der Waals surface area contributed by atoms with E-state index in [4.69, 9.17) is 9.47 Å². The maximum Gasteiger partial charge on any atom is 0.264 e. The van der Waals surface area contributed by atoms with Gasteiger partial charge in [-0.1, -0.05) is 18.0 Å². The van der Waals surface area contributed by atoms with Gasteiger partial charge in [0, 0.05) is 29.1 Å². The molecule has 160 valence electrons. The molecule has 1 aromatic carbocycles. The predicted octanol–water partition coefficient (Wildman–Crippen LogP) is 2.89. The SMILES string of the molecule is CCOc1nc(C(CS(C)=O)N2C(=O)c3cccc(NSC)c3C2=O)ccc1OC. The molecule has 0 bridgehead atoms. The van der Waals surface area contributed by atoms with Crippen LogP contribution in [0.4, 0.5) is 5.69 Å². The lowest BCUT2D eigenvalue weighted by atomic mass is 10.1. The Morgan fingerprint density at radius 3 is 2.63 bits per heavy atom. The van der Waals surface area contributed by atoms with Gasteiger partial charge < -0.3 is 14.2 Å². The average Bonchev–Trinajstić information content (AvgIpc) is 2.98. The molecule has 0 aliphatic carbocycles. The highest BCUT2D eigenvalue weighted by molar-refractivity contribution is 7.99. The minimum absolute atomic E-state index is 0.0572. The van der Waals surface area contributed by atoms with Gasteiger partial charge in [-0.2, -0.15) is 0 Å². The van der Waals surface area contributed by atoms with Gasteiger partial charge in [0.05, 0.1) is 42.3 Å². The van der Waals surface area contributed by atoms with Crippen molar-refractivity contribution in [1.29, 1.82) is 0 Å². The second-order valence-electron chi connectivity index (χ2n) is 6.45. The van der Waals surface area contributed by atoms with E-state index in [0.717, 1.165) is 4.90 Å². The fourth-order valence-electron chi connectivity index (χ4n) is 3.32. The van der Waals surface area contributed by atoms with E-state index in [2.05, 4.69) is 9.71 Å². The van der Waals surface area contributed by atoms with Crippen molar-refractivity contribution >= 4 is 40.2 Å². The molecule has 30 heavy (non-hydrogen) atoms. The van der Waals surface area contributed by atoms with Gasteiger partial charge in [-0.05, 0) is 31.2 Å². The van der Waals surface area contributed by atoms with Crippen molar-refractivity contribution in [3.63, 3.8) is 0 Å². The molecular formula is C20H23N3O5S2. The van der Waals surface area contributed by atoms with Crippen LogP contribution in [0.3, 0.4) is 0 Å². The van der Waals surface area contributed by atoms with E-state index in [1.165, 1.54) is 25.3 Å². The number of methoxy groups -OCH3 is 1. The molecule has 1 N–H and O–H groups in total. The molecule has 0 spiro atoms. The summed E-state index contributed by atoms with van der Waals surface area (Å²) in [6, 6.07) is 7.60. The molecule has 10 heteroatoms. The van der Waals surface area contributed by atoms with Crippen molar-refractivity contribution in [3.05, 3.63) is 47.2 Å². The number of imide groups is 1.